The third kappa shape index (κ3) is 8.77. The van der Waals surface area contributed by atoms with E-state index in [2.05, 4.69) is 0 Å². The molecule has 220 valence electrons. The van der Waals surface area contributed by atoms with Crippen LogP contribution in [0.5, 0.6) is 0 Å². The monoisotopic (exact) mass is 602 g/mol. The zero-order chi connectivity index (χ0) is 30.4. The summed E-state index contributed by atoms with van der Waals surface area (Å²) in [5, 5.41) is 12.3. The summed E-state index contributed by atoms with van der Waals surface area (Å²) in [6.07, 6.45) is -1.18. The fraction of sp³-hybridized carbons (Fsp3) is 0.333. The molecule has 0 heterocycles. The highest BCUT2D eigenvalue weighted by molar-refractivity contribution is 7.91. The molecule has 0 aliphatic carbocycles. The van der Waals surface area contributed by atoms with Gasteiger partial charge in [-0.2, -0.15) is 0 Å². The lowest BCUT2D eigenvalue weighted by molar-refractivity contribution is -0.0757. The maximum Gasteiger partial charge on any atom is 0.410 e. The van der Waals surface area contributed by atoms with Crippen molar-refractivity contribution in [1.29, 1.82) is 0 Å². The summed E-state index contributed by atoms with van der Waals surface area (Å²) < 4.78 is 32.1. The second-order valence-corrected chi connectivity index (χ2v) is 12.8. The molecule has 3 aromatic rings. The Morgan fingerprint density at radius 2 is 1.63 bits per heavy atom. The van der Waals surface area contributed by atoms with Crippen LogP contribution in [-0.2, 0) is 25.8 Å². The standard InChI is InChI=1S/C30H35ClN2O7S/c1-30(2,3)40-29(36)33(20-27(34)22-8-6-10-24(31)18-22)17-16-21-12-14-25(15-13-21)41(37,38)26-11-7-9-23(19-26)28(35)32(4)39-5/h6-15,18-19,27,34H,16-17,20H2,1-5H3/t27-/m1/s1. The molecule has 9 nitrogen and oxygen atoms in total. The Kier molecular flexibility index (Phi) is 10.5. The lowest BCUT2D eigenvalue weighted by Crippen LogP contribution is -2.40. The zero-order valence-electron chi connectivity index (χ0n) is 23.7. The van der Waals surface area contributed by atoms with E-state index in [1.165, 1.54) is 55.5 Å². The van der Waals surface area contributed by atoms with E-state index < -0.39 is 33.5 Å². The van der Waals surface area contributed by atoms with Gasteiger partial charge in [-0.05, 0) is 80.8 Å². The number of ether oxygens (including phenoxy) is 1. The number of halogens is 1. The largest absolute Gasteiger partial charge is 0.444 e. The first-order chi connectivity index (χ1) is 19.2. The summed E-state index contributed by atoms with van der Waals surface area (Å²) in [7, 11) is -1.12. The van der Waals surface area contributed by atoms with Crippen LogP contribution in [-0.4, -0.2) is 68.3 Å². The molecule has 0 unspecified atom stereocenters. The summed E-state index contributed by atoms with van der Waals surface area (Å²) in [5.41, 5.74) is 0.794. The Morgan fingerprint density at radius 1 is 0.976 bits per heavy atom. The topological polar surface area (TPSA) is 113 Å². The van der Waals surface area contributed by atoms with E-state index in [0.29, 0.717) is 17.0 Å². The molecule has 0 spiro atoms. The van der Waals surface area contributed by atoms with Crippen LogP contribution in [0.1, 0.15) is 48.4 Å². The maximum absolute atomic E-state index is 13.3. The fourth-order valence-corrected chi connectivity index (χ4v) is 5.41. The summed E-state index contributed by atoms with van der Waals surface area (Å²) in [5.74, 6) is -0.477. The van der Waals surface area contributed by atoms with Gasteiger partial charge >= 0.3 is 6.09 Å². The van der Waals surface area contributed by atoms with E-state index in [-0.39, 0.29) is 28.4 Å². The maximum atomic E-state index is 13.3. The number of aliphatic hydroxyl groups is 1. The predicted molar refractivity (Wildman–Crippen MR) is 155 cm³/mol. The summed E-state index contributed by atoms with van der Waals surface area (Å²) >= 11 is 6.06. The number of hydrogen-bond donors (Lipinski definition) is 1. The van der Waals surface area contributed by atoms with Crippen molar-refractivity contribution in [3.63, 3.8) is 0 Å². The zero-order valence-corrected chi connectivity index (χ0v) is 25.3. The van der Waals surface area contributed by atoms with Crippen molar-refractivity contribution in [2.75, 3.05) is 27.2 Å². The molecule has 1 N–H and O–H groups in total. The minimum atomic E-state index is -3.90. The van der Waals surface area contributed by atoms with Crippen molar-refractivity contribution in [3.05, 3.63) is 94.5 Å². The van der Waals surface area contributed by atoms with Crippen LogP contribution >= 0.6 is 11.6 Å². The third-order valence-corrected chi connectivity index (χ3v) is 8.14. The molecule has 0 saturated carbocycles. The Bertz CT molecular complexity index is 1470. The van der Waals surface area contributed by atoms with E-state index in [4.69, 9.17) is 21.2 Å². The smallest absolute Gasteiger partial charge is 0.410 e. The highest BCUT2D eigenvalue weighted by atomic mass is 35.5. The molecule has 0 bridgehead atoms. The first-order valence-corrected chi connectivity index (χ1v) is 14.7. The van der Waals surface area contributed by atoms with Crippen LogP contribution in [0.2, 0.25) is 5.02 Å². The number of aliphatic hydroxyl groups excluding tert-OH is 1. The quantitative estimate of drug-likeness (QED) is 0.312. The van der Waals surface area contributed by atoms with Gasteiger partial charge < -0.3 is 14.7 Å². The average molecular weight is 603 g/mol. The average Bonchev–Trinajstić information content (AvgIpc) is 2.93. The Labute approximate surface area is 246 Å². The Hall–Kier alpha value is -3.44. The minimum absolute atomic E-state index is 0.0188. The van der Waals surface area contributed by atoms with Crippen molar-refractivity contribution in [3.8, 4) is 0 Å². The first kappa shape index (κ1) is 32.1. The van der Waals surface area contributed by atoms with E-state index in [1.54, 1.807) is 57.2 Å². The Balaban J connectivity index is 1.76. The number of hydroxylamine groups is 2. The van der Waals surface area contributed by atoms with Gasteiger partial charge in [-0.15, -0.1) is 0 Å². The number of carbonyl (C=O) groups excluding carboxylic acids is 2. The second-order valence-electron chi connectivity index (χ2n) is 10.4. The molecule has 0 aliphatic heterocycles. The normalized spacial score (nSPS) is 12.5. The highest BCUT2D eigenvalue weighted by Crippen LogP contribution is 2.24. The molecule has 11 heteroatoms. The SMILES string of the molecule is CON(C)C(=O)c1cccc(S(=O)(=O)c2ccc(CCN(C[C@@H](O)c3cccc(Cl)c3)C(=O)OC(C)(C)C)cc2)c1. The molecule has 0 aromatic heterocycles. The molecular weight excluding hydrogens is 568 g/mol. The van der Waals surface area contributed by atoms with Crippen LogP contribution < -0.4 is 0 Å². The third-order valence-electron chi connectivity index (χ3n) is 6.13. The van der Waals surface area contributed by atoms with Crippen molar-refractivity contribution in [1.82, 2.24) is 9.96 Å². The van der Waals surface area contributed by atoms with Gasteiger partial charge in [0.05, 0.1) is 29.5 Å². The van der Waals surface area contributed by atoms with E-state index >= 15 is 0 Å². The lowest BCUT2D eigenvalue weighted by Gasteiger charge is -2.29. The molecular formula is C30H35ClN2O7S. The van der Waals surface area contributed by atoms with Crippen LogP contribution in [0, 0.1) is 0 Å². The summed E-state index contributed by atoms with van der Waals surface area (Å²) in [4.78, 5) is 31.7. The van der Waals surface area contributed by atoms with Gasteiger partial charge in [0.15, 0.2) is 0 Å². The molecule has 3 aromatic carbocycles. The molecule has 0 saturated heterocycles. The van der Waals surface area contributed by atoms with Gasteiger partial charge in [-0.1, -0.05) is 41.9 Å². The van der Waals surface area contributed by atoms with Gasteiger partial charge in [0.1, 0.15) is 5.60 Å². The minimum Gasteiger partial charge on any atom is -0.444 e. The molecule has 2 amide bonds. The van der Waals surface area contributed by atoms with Crippen LogP contribution in [0.25, 0.3) is 0 Å². The number of rotatable bonds is 10. The number of sulfone groups is 1. The number of hydrogen-bond acceptors (Lipinski definition) is 7. The van der Waals surface area contributed by atoms with E-state index in [0.717, 1.165) is 10.6 Å². The highest BCUT2D eigenvalue weighted by Gasteiger charge is 2.25. The lowest BCUT2D eigenvalue weighted by atomic mass is 10.1. The number of amides is 2. The Morgan fingerprint density at radius 3 is 2.24 bits per heavy atom. The van der Waals surface area contributed by atoms with Gasteiger partial charge in [0, 0.05) is 24.2 Å². The first-order valence-electron chi connectivity index (χ1n) is 12.9. The summed E-state index contributed by atoms with van der Waals surface area (Å²) in [6.45, 7) is 5.48. The van der Waals surface area contributed by atoms with E-state index in [9.17, 15) is 23.1 Å². The van der Waals surface area contributed by atoms with Crippen molar-refractivity contribution >= 4 is 33.4 Å². The predicted octanol–water partition coefficient (Wildman–Crippen LogP) is 5.32. The molecule has 41 heavy (non-hydrogen) atoms. The molecule has 1 atom stereocenters. The van der Waals surface area contributed by atoms with Crippen LogP contribution in [0.4, 0.5) is 4.79 Å². The van der Waals surface area contributed by atoms with Crippen molar-refractivity contribution < 1.29 is 32.7 Å². The van der Waals surface area contributed by atoms with Crippen molar-refractivity contribution in [2.45, 2.75) is 48.7 Å². The molecule has 0 aliphatic rings. The van der Waals surface area contributed by atoms with E-state index in [1.807, 2.05) is 0 Å². The number of benzene rings is 3. The van der Waals surface area contributed by atoms with Gasteiger partial charge in [0.25, 0.3) is 5.91 Å². The van der Waals surface area contributed by atoms with Gasteiger partial charge in [0.2, 0.25) is 9.84 Å². The van der Waals surface area contributed by atoms with Crippen molar-refractivity contribution in [2.24, 2.45) is 0 Å². The van der Waals surface area contributed by atoms with Gasteiger partial charge in [-0.3, -0.25) is 9.63 Å². The summed E-state index contributed by atoms with van der Waals surface area (Å²) in [6, 6.07) is 18.8. The number of carbonyl (C=O) groups is 2. The molecule has 3 rings (SSSR count). The molecule has 0 fully saturated rings. The number of nitrogens with zero attached hydrogens (tertiary/aromatic N) is 2. The molecule has 0 radical (unpaired) electrons. The van der Waals surface area contributed by atoms with Crippen LogP contribution in [0.3, 0.4) is 0 Å². The second kappa shape index (κ2) is 13.5. The van der Waals surface area contributed by atoms with Gasteiger partial charge in [-0.25, -0.2) is 18.3 Å². The fourth-order valence-electron chi connectivity index (χ4n) is 3.91. The van der Waals surface area contributed by atoms with Crippen LogP contribution in [0.15, 0.2) is 82.6 Å².